The molecule has 0 aromatic carbocycles. The Balaban J connectivity index is 0. The second-order valence-corrected chi connectivity index (χ2v) is 9.36. The SMILES string of the molecule is CC[N+](C)(C(C)C)C(C)C.O=S(=O)(/C=N/S(=O)(=O)C(F)(F)F)C(F)(F)F. The lowest BCUT2D eigenvalue weighted by atomic mass is 10.2. The lowest BCUT2D eigenvalue weighted by Crippen LogP contribution is -2.54. The predicted molar refractivity (Wildman–Crippen MR) is 85.4 cm³/mol. The fourth-order valence-corrected chi connectivity index (χ4v) is 2.70. The number of hydrogen-bond donors (Lipinski definition) is 0. The van der Waals surface area contributed by atoms with Gasteiger partial charge in [0.05, 0.1) is 25.7 Å². The molecule has 0 fully saturated rings. The largest absolute Gasteiger partial charge is 0.518 e. The molecule has 0 aromatic heterocycles. The van der Waals surface area contributed by atoms with E-state index in [4.69, 9.17) is 0 Å². The molecule has 0 aromatic rings. The monoisotopic (exact) mass is 437 g/mol. The molecule has 0 aliphatic carbocycles. The van der Waals surface area contributed by atoms with Crippen molar-refractivity contribution in [2.24, 2.45) is 4.40 Å². The van der Waals surface area contributed by atoms with Crippen molar-refractivity contribution in [1.29, 1.82) is 0 Å². The standard InChI is InChI=1S/C9H22N.C3HF6NO4S2/c1-7-10(6,8(2)3)9(4)5;4-2(5,6)15(11,12)1-10-16(13,14)3(7,8)9/h8-9H,7H2,1-6H3;1H/q+1;/b;10-1+. The molecule has 0 radical (unpaired) electrons. The van der Waals surface area contributed by atoms with E-state index in [1.807, 2.05) is 0 Å². The highest BCUT2D eigenvalue weighted by molar-refractivity contribution is 8.06. The van der Waals surface area contributed by atoms with E-state index < -0.39 is 36.4 Å². The van der Waals surface area contributed by atoms with Crippen LogP contribution in [-0.4, -0.2) is 63.6 Å². The van der Waals surface area contributed by atoms with Crippen LogP contribution in [0.2, 0.25) is 0 Å². The summed E-state index contributed by atoms with van der Waals surface area (Å²) in [6.07, 6.45) is 0. The highest BCUT2D eigenvalue weighted by atomic mass is 32.2. The van der Waals surface area contributed by atoms with Crippen LogP contribution in [0, 0.1) is 0 Å². The zero-order chi connectivity index (χ0) is 21.8. The quantitative estimate of drug-likeness (QED) is 0.287. The topological polar surface area (TPSA) is 80.6 Å². The Kier molecular flexibility index (Phi) is 9.32. The predicted octanol–water partition coefficient (Wildman–Crippen LogP) is 3.07. The van der Waals surface area contributed by atoms with Crippen molar-refractivity contribution in [3.05, 3.63) is 0 Å². The van der Waals surface area contributed by atoms with Crippen LogP contribution in [0.15, 0.2) is 4.40 Å². The molecule has 0 saturated heterocycles. The van der Waals surface area contributed by atoms with Crippen molar-refractivity contribution in [2.75, 3.05) is 13.6 Å². The van der Waals surface area contributed by atoms with Crippen LogP contribution < -0.4 is 0 Å². The van der Waals surface area contributed by atoms with E-state index in [-0.39, 0.29) is 0 Å². The highest BCUT2D eigenvalue weighted by Gasteiger charge is 2.48. The van der Waals surface area contributed by atoms with E-state index >= 15 is 0 Å². The molecule has 0 saturated carbocycles. The molecule has 14 heteroatoms. The van der Waals surface area contributed by atoms with Crippen molar-refractivity contribution in [3.63, 3.8) is 0 Å². The molecule has 0 unspecified atom stereocenters. The normalized spacial score (nSPS) is 14.7. The molecule has 0 aliphatic rings. The van der Waals surface area contributed by atoms with E-state index in [1.165, 1.54) is 15.4 Å². The van der Waals surface area contributed by atoms with Gasteiger partial charge in [-0.05, 0) is 34.6 Å². The van der Waals surface area contributed by atoms with Gasteiger partial charge in [-0.2, -0.15) is 39.2 Å². The number of alkyl halides is 6. The van der Waals surface area contributed by atoms with E-state index in [2.05, 4.69) is 41.7 Å². The minimum absolute atomic E-state index is 0.741. The molecule has 0 rings (SSSR count). The minimum Gasteiger partial charge on any atom is -0.322 e. The van der Waals surface area contributed by atoms with Gasteiger partial charge >= 0.3 is 21.0 Å². The molecule has 0 amide bonds. The number of sulfone groups is 1. The maximum Gasteiger partial charge on any atom is 0.518 e. The Hall–Kier alpha value is -0.890. The first-order valence-corrected chi connectivity index (χ1v) is 10.2. The number of rotatable bonds is 5. The molecule has 0 atom stereocenters. The molecular formula is C12H23F6N2O4S2+. The van der Waals surface area contributed by atoms with Crippen LogP contribution in [0.4, 0.5) is 26.3 Å². The van der Waals surface area contributed by atoms with Crippen molar-refractivity contribution in [3.8, 4) is 0 Å². The molecule has 0 N–H and O–H groups in total. The van der Waals surface area contributed by atoms with Gasteiger partial charge in [0.1, 0.15) is 5.55 Å². The molecular weight excluding hydrogens is 414 g/mol. The van der Waals surface area contributed by atoms with Gasteiger partial charge in [-0.1, -0.05) is 0 Å². The summed E-state index contributed by atoms with van der Waals surface area (Å²) in [5, 5.41) is 0. The Bertz CT molecular complexity index is 625. The number of sulfonamides is 1. The first kappa shape index (κ1) is 27.3. The smallest absolute Gasteiger partial charge is 0.322 e. The summed E-state index contributed by atoms with van der Waals surface area (Å²) in [5.41, 5.74) is -13.2. The average Bonchev–Trinajstić information content (AvgIpc) is 2.42. The lowest BCUT2D eigenvalue weighted by molar-refractivity contribution is -0.947. The number of nitrogens with zero attached hydrogens (tertiary/aromatic N) is 2. The molecule has 0 bridgehead atoms. The number of halogens is 6. The van der Waals surface area contributed by atoms with Crippen molar-refractivity contribution < 1.29 is 47.7 Å². The zero-order valence-corrected chi connectivity index (χ0v) is 16.7. The summed E-state index contributed by atoms with van der Waals surface area (Å²) in [6.45, 7) is 12.7. The second kappa shape index (κ2) is 8.87. The van der Waals surface area contributed by atoms with Crippen LogP contribution in [0.25, 0.3) is 0 Å². The van der Waals surface area contributed by atoms with Crippen LogP contribution in [0.5, 0.6) is 0 Å². The summed E-state index contributed by atoms with van der Waals surface area (Å²) in [5.74, 6) is 0. The van der Waals surface area contributed by atoms with Crippen LogP contribution >= 0.6 is 0 Å². The third-order valence-electron chi connectivity index (χ3n) is 3.98. The van der Waals surface area contributed by atoms with Crippen molar-refractivity contribution in [1.82, 2.24) is 0 Å². The first-order chi connectivity index (χ1) is 11.2. The van der Waals surface area contributed by atoms with Gasteiger partial charge in [0, 0.05) is 0 Å². The lowest BCUT2D eigenvalue weighted by Gasteiger charge is -2.41. The van der Waals surface area contributed by atoms with E-state index in [0.29, 0.717) is 0 Å². The van der Waals surface area contributed by atoms with Crippen LogP contribution in [-0.2, 0) is 19.9 Å². The highest BCUT2D eigenvalue weighted by Crippen LogP contribution is 2.26. The second-order valence-electron chi connectivity index (χ2n) is 5.97. The number of quaternary nitrogens is 1. The fourth-order valence-electron chi connectivity index (χ4n) is 1.56. The zero-order valence-electron chi connectivity index (χ0n) is 15.1. The third-order valence-corrected chi connectivity index (χ3v) is 6.11. The maximum absolute atomic E-state index is 11.5. The summed E-state index contributed by atoms with van der Waals surface area (Å²) < 4.78 is 112. The molecule has 26 heavy (non-hydrogen) atoms. The van der Waals surface area contributed by atoms with Crippen LogP contribution in [0.1, 0.15) is 34.6 Å². The van der Waals surface area contributed by atoms with Gasteiger partial charge in [0.2, 0.25) is 0 Å². The van der Waals surface area contributed by atoms with E-state index in [1.54, 1.807) is 0 Å². The van der Waals surface area contributed by atoms with Gasteiger partial charge in [-0.15, -0.1) is 0 Å². The summed E-state index contributed by atoms with van der Waals surface area (Å²) in [6, 6.07) is 1.48. The molecule has 158 valence electrons. The van der Waals surface area contributed by atoms with Crippen molar-refractivity contribution in [2.45, 2.75) is 57.7 Å². The first-order valence-electron chi connectivity index (χ1n) is 7.18. The van der Waals surface area contributed by atoms with E-state index in [0.717, 1.165) is 12.1 Å². The van der Waals surface area contributed by atoms with Crippen molar-refractivity contribution >= 4 is 25.4 Å². The van der Waals surface area contributed by atoms with Crippen LogP contribution in [0.3, 0.4) is 0 Å². The third kappa shape index (κ3) is 7.39. The van der Waals surface area contributed by atoms with Gasteiger partial charge < -0.3 is 4.48 Å². The Morgan fingerprint density at radius 2 is 1.23 bits per heavy atom. The maximum atomic E-state index is 11.5. The Morgan fingerprint density at radius 3 is 1.38 bits per heavy atom. The Morgan fingerprint density at radius 1 is 0.885 bits per heavy atom. The molecule has 0 spiro atoms. The van der Waals surface area contributed by atoms with Gasteiger partial charge in [0.25, 0.3) is 9.84 Å². The number of hydrogen-bond acceptors (Lipinski definition) is 4. The van der Waals surface area contributed by atoms with Gasteiger partial charge in [-0.3, -0.25) is 0 Å². The summed E-state index contributed by atoms with van der Waals surface area (Å²) in [4.78, 5) is 0. The fraction of sp³-hybridized carbons (Fsp3) is 0.917. The van der Waals surface area contributed by atoms with Gasteiger partial charge in [0.15, 0.2) is 0 Å². The minimum atomic E-state index is -6.30. The molecule has 0 heterocycles. The summed E-state index contributed by atoms with van der Waals surface area (Å²) >= 11 is 0. The molecule has 0 aliphatic heterocycles. The molecule has 6 nitrogen and oxygen atoms in total. The van der Waals surface area contributed by atoms with E-state index in [9.17, 15) is 43.2 Å². The Labute approximate surface area is 149 Å². The van der Waals surface area contributed by atoms with Gasteiger partial charge in [-0.25, -0.2) is 8.42 Å². The summed E-state index contributed by atoms with van der Waals surface area (Å²) in [7, 11) is -10.1. The average molecular weight is 437 g/mol.